The Kier molecular flexibility index (Phi) is 3.80. The van der Waals surface area contributed by atoms with Crippen molar-refractivity contribution < 1.29 is 13.6 Å². The number of nitrogens with two attached hydrogens (primary N) is 1. The Balaban J connectivity index is 1.66. The molecule has 0 bridgehead atoms. The normalized spacial score (nSPS) is 19.8. The number of anilines is 1. The van der Waals surface area contributed by atoms with Crippen molar-refractivity contribution >= 4 is 11.6 Å². The van der Waals surface area contributed by atoms with Crippen LogP contribution >= 0.6 is 0 Å². The largest absolute Gasteiger partial charge is 0.396 e. The summed E-state index contributed by atoms with van der Waals surface area (Å²) in [4.78, 5) is 16.2. The maximum atomic E-state index is 13.9. The SMILES string of the molecule is Nc1cc(F)cc(C(=O)N2CCN(CC3CC3)CC2)c1F. The summed E-state index contributed by atoms with van der Waals surface area (Å²) < 4.78 is 27.2. The Morgan fingerprint density at radius 1 is 1.19 bits per heavy atom. The minimum absolute atomic E-state index is 0.275. The first-order chi connectivity index (χ1) is 10.0. The van der Waals surface area contributed by atoms with Crippen LogP contribution in [0.3, 0.4) is 0 Å². The first-order valence-corrected chi connectivity index (χ1v) is 7.30. The van der Waals surface area contributed by atoms with Crippen LogP contribution in [-0.4, -0.2) is 48.4 Å². The van der Waals surface area contributed by atoms with Crippen LogP contribution in [-0.2, 0) is 0 Å². The van der Waals surface area contributed by atoms with Crippen molar-refractivity contribution in [3.8, 4) is 0 Å². The summed E-state index contributed by atoms with van der Waals surface area (Å²) in [5.41, 5.74) is 4.78. The number of piperazine rings is 1. The van der Waals surface area contributed by atoms with Crippen molar-refractivity contribution in [2.75, 3.05) is 38.5 Å². The Labute approximate surface area is 122 Å². The molecule has 1 aromatic carbocycles. The lowest BCUT2D eigenvalue weighted by Gasteiger charge is -2.34. The van der Waals surface area contributed by atoms with Crippen LogP contribution in [0, 0.1) is 17.6 Å². The third-order valence-electron chi connectivity index (χ3n) is 4.17. The molecule has 1 amide bonds. The van der Waals surface area contributed by atoms with Gasteiger partial charge in [-0.1, -0.05) is 0 Å². The molecule has 1 saturated carbocycles. The van der Waals surface area contributed by atoms with Crippen LogP contribution in [0.25, 0.3) is 0 Å². The molecule has 21 heavy (non-hydrogen) atoms. The second-order valence-corrected chi connectivity index (χ2v) is 5.89. The van der Waals surface area contributed by atoms with Crippen LogP contribution in [0.4, 0.5) is 14.5 Å². The lowest BCUT2D eigenvalue weighted by atomic mass is 10.1. The van der Waals surface area contributed by atoms with E-state index in [0.717, 1.165) is 37.7 Å². The number of rotatable bonds is 3. The molecule has 2 N–H and O–H groups in total. The average Bonchev–Trinajstić information content (AvgIpc) is 3.27. The number of halogens is 2. The Hall–Kier alpha value is -1.69. The first-order valence-electron chi connectivity index (χ1n) is 7.30. The number of nitrogen functional groups attached to an aromatic ring is 1. The zero-order valence-electron chi connectivity index (χ0n) is 11.8. The molecule has 6 heteroatoms. The highest BCUT2D eigenvalue weighted by Crippen LogP contribution is 2.30. The van der Waals surface area contributed by atoms with Crippen molar-refractivity contribution in [3.05, 3.63) is 29.3 Å². The van der Waals surface area contributed by atoms with E-state index in [1.54, 1.807) is 4.90 Å². The van der Waals surface area contributed by atoms with Crippen LogP contribution in [0.5, 0.6) is 0 Å². The van der Waals surface area contributed by atoms with E-state index < -0.39 is 17.5 Å². The Morgan fingerprint density at radius 3 is 2.48 bits per heavy atom. The van der Waals surface area contributed by atoms with Gasteiger partial charge in [0.2, 0.25) is 0 Å². The molecule has 4 nitrogen and oxygen atoms in total. The van der Waals surface area contributed by atoms with Gasteiger partial charge in [0.1, 0.15) is 5.82 Å². The summed E-state index contributed by atoms with van der Waals surface area (Å²) in [6.07, 6.45) is 2.60. The molecule has 1 aliphatic carbocycles. The van der Waals surface area contributed by atoms with Crippen molar-refractivity contribution in [1.82, 2.24) is 9.80 Å². The summed E-state index contributed by atoms with van der Waals surface area (Å²) in [6, 6.07) is 1.81. The van der Waals surface area contributed by atoms with Crippen LogP contribution in [0.1, 0.15) is 23.2 Å². The molecule has 0 spiro atoms. The third kappa shape index (κ3) is 3.15. The molecule has 2 aliphatic rings. The van der Waals surface area contributed by atoms with Gasteiger partial charge in [0.25, 0.3) is 5.91 Å². The van der Waals surface area contributed by atoms with Crippen LogP contribution < -0.4 is 5.73 Å². The standard InChI is InChI=1S/C15H19F2N3O/c16-11-7-12(14(17)13(18)8-11)15(21)20-5-3-19(4-6-20)9-10-1-2-10/h7-8,10H,1-6,9,18H2. The fourth-order valence-electron chi connectivity index (χ4n) is 2.74. The number of hydrogen-bond donors (Lipinski definition) is 1. The van der Waals surface area contributed by atoms with E-state index in [1.807, 2.05) is 0 Å². The monoisotopic (exact) mass is 295 g/mol. The number of hydrogen-bond acceptors (Lipinski definition) is 3. The predicted molar refractivity (Wildman–Crippen MR) is 75.8 cm³/mol. The van der Waals surface area contributed by atoms with Gasteiger partial charge in [-0.2, -0.15) is 0 Å². The molecule has 0 atom stereocenters. The van der Waals surface area contributed by atoms with E-state index in [2.05, 4.69) is 4.90 Å². The first kappa shape index (κ1) is 14.3. The van der Waals surface area contributed by atoms with Crippen LogP contribution in [0.2, 0.25) is 0 Å². The van der Waals surface area contributed by atoms with Gasteiger partial charge in [-0.25, -0.2) is 8.78 Å². The van der Waals surface area contributed by atoms with E-state index in [4.69, 9.17) is 5.73 Å². The zero-order valence-corrected chi connectivity index (χ0v) is 11.8. The molecule has 1 aromatic rings. The smallest absolute Gasteiger partial charge is 0.257 e. The molecule has 0 unspecified atom stereocenters. The number of amides is 1. The summed E-state index contributed by atoms with van der Waals surface area (Å²) in [5, 5.41) is 0. The van der Waals surface area contributed by atoms with Gasteiger partial charge in [-0.15, -0.1) is 0 Å². The molecule has 1 saturated heterocycles. The molecule has 1 heterocycles. The van der Waals surface area contributed by atoms with Crippen molar-refractivity contribution in [2.24, 2.45) is 5.92 Å². The van der Waals surface area contributed by atoms with Gasteiger partial charge in [0.05, 0.1) is 11.3 Å². The molecular weight excluding hydrogens is 276 g/mol. The Bertz CT molecular complexity index is 552. The van der Waals surface area contributed by atoms with E-state index >= 15 is 0 Å². The zero-order chi connectivity index (χ0) is 15.0. The van der Waals surface area contributed by atoms with Crippen molar-refractivity contribution in [3.63, 3.8) is 0 Å². The number of benzene rings is 1. The molecular formula is C15H19F2N3O. The van der Waals surface area contributed by atoms with Gasteiger partial charge in [-0.3, -0.25) is 9.69 Å². The molecule has 114 valence electrons. The lowest BCUT2D eigenvalue weighted by molar-refractivity contribution is 0.0627. The molecule has 1 aliphatic heterocycles. The third-order valence-corrected chi connectivity index (χ3v) is 4.17. The van der Waals surface area contributed by atoms with Crippen molar-refractivity contribution in [2.45, 2.75) is 12.8 Å². The maximum absolute atomic E-state index is 13.9. The Morgan fingerprint density at radius 2 is 1.86 bits per heavy atom. The topological polar surface area (TPSA) is 49.6 Å². The fourth-order valence-corrected chi connectivity index (χ4v) is 2.74. The highest BCUT2D eigenvalue weighted by Gasteiger charge is 2.29. The highest BCUT2D eigenvalue weighted by molar-refractivity contribution is 5.95. The lowest BCUT2D eigenvalue weighted by Crippen LogP contribution is -2.49. The summed E-state index contributed by atoms with van der Waals surface area (Å²) in [6.45, 7) is 3.75. The van der Waals surface area contributed by atoms with E-state index in [-0.39, 0.29) is 11.3 Å². The van der Waals surface area contributed by atoms with E-state index in [1.165, 1.54) is 12.8 Å². The number of nitrogens with zero attached hydrogens (tertiary/aromatic N) is 2. The minimum atomic E-state index is -0.832. The van der Waals surface area contributed by atoms with E-state index in [0.29, 0.717) is 13.1 Å². The summed E-state index contributed by atoms with van der Waals surface area (Å²) in [5.74, 6) is -1.19. The molecule has 0 aromatic heterocycles. The minimum Gasteiger partial charge on any atom is -0.396 e. The van der Waals surface area contributed by atoms with E-state index in [9.17, 15) is 13.6 Å². The van der Waals surface area contributed by atoms with Gasteiger partial charge in [0.15, 0.2) is 5.82 Å². The van der Waals surface area contributed by atoms with Crippen molar-refractivity contribution in [1.29, 1.82) is 0 Å². The predicted octanol–water partition coefficient (Wildman–Crippen LogP) is 1.71. The summed E-state index contributed by atoms with van der Waals surface area (Å²) in [7, 11) is 0. The molecule has 2 fully saturated rings. The molecule has 0 radical (unpaired) electrons. The quantitative estimate of drug-likeness (QED) is 0.864. The van der Waals surface area contributed by atoms with Gasteiger partial charge in [0, 0.05) is 32.7 Å². The number of carbonyl (C=O) groups is 1. The second-order valence-electron chi connectivity index (χ2n) is 5.89. The average molecular weight is 295 g/mol. The van der Waals surface area contributed by atoms with Gasteiger partial charge < -0.3 is 10.6 Å². The number of carbonyl (C=O) groups excluding carboxylic acids is 1. The fraction of sp³-hybridized carbons (Fsp3) is 0.533. The van der Waals surface area contributed by atoms with Crippen LogP contribution in [0.15, 0.2) is 12.1 Å². The molecule has 3 rings (SSSR count). The van der Waals surface area contributed by atoms with Gasteiger partial charge in [-0.05, 0) is 30.9 Å². The maximum Gasteiger partial charge on any atom is 0.257 e. The summed E-state index contributed by atoms with van der Waals surface area (Å²) >= 11 is 0. The van der Waals surface area contributed by atoms with Gasteiger partial charge >= 0.3 is 0 Å². The second kappa shape index (κ2) is 5.60. The highest BCUT2D eigenvalue weighted by atomic mass is 19.1.